The van der Waals surface area contributed by atoms with E-state index in [2.05, 4.69) is 18.8 Å². The van der Waals surface area contributed by atoms with Gasteiger partial charge in [0.25, 0.3) is 0 Å². The van der Waals surface area contributed by atoms with Gasteiger partial charge in [0.2, 0.25) is 0 Å². The van der Waals surface area contributed by atoms with Crippen LogP contribution in [0.1, 0.15) is 63.8 Å². The lowest BCUT2D eigenvalue weighted by Gasteiger charge is -2.58. The smallest absolute Gasteiger partial charge is 0.125 e. The van der Waals surface area contributed by atoms with Gasteiger partial charge in [-0.05, 0) is 80.6 Å². The average molecular weight is 409 g/mol. The monoisotopic (exact) mass is 408 g/mol. The fraction of sp³-hybridized carbons (Fsp3) is 0.864. The van der Waals surface area contributed by atoms with Crippen LogP contribution in [0.5, 0.6) is 0 Å². The van der Waals surface area contributed by atoms with Crippen molar-refractivity contribution in [1.82, 2.24) is 4.98 Å². The molecule has 28 heavy (non-hydrogen) atoms. The molecular formula is C22H36N2O3S. The number of nitrogens with two attached hydrogens (primary N) is 1. The summed E-state index contributed by atoms with van der Waals surface area (Å²) in [6.45, 7) is 5.32. The number of aliphatic hydroxyl groups is 3. The number of thiazole rings is 1. The van der Waals surface area contributed by atoms with Crippen molar-refractivity contribution in [2.24, 2.45) is 40.2 Å². The highest BCUT2D eigenvalue weighted by molar-refractivity contribution is 7.09. The summed E-state index contributed by atoms with van der Waals surface area (Å²) in [5.74, 6) is 1.26. The first-order valence-corrected chi connectivity index (χ1v) is 11.8. The second-order valence-corrected chi connectivity index (χ2v) is 11.0. The van der Waals surface area contributed by atoms with Crippen LogP contribution in [0.15, 0.2) is 11.6 Å². The average Bonchev–Trinajstić information content (AvgIpc) is 3.31. The van der Waals surface area contributed by atoms with Crippen LogP contribution < -0.4 is 5.73 Å². The summed E-state index contributed by atoms with van der Waals surface area (Å²) in [7, 11) is 0. The molecule has 3 fully saturated rings. The molecular weight excluding hydrogens is 372 g/mol. The maximum absolute atomic E-state index is 11.7. The Morgan fingerprint density at radius 1 is 1.18 bits per heavy atom. The topological polar surface area (TPSA) is 99.6 Å². The number of nitrogens with zero attached hydrogens (tertiary/aromatic N) is 1. The van der Waals surface area contributed by atoms with Crippen molar-refractivity contribution in [2.75, 3.05) is 13.2 Å². The van der Waals surface area contributed by atoms with Crippen LogP contribution in [-0.2, 0) is 5.60 Å². The van der Waals surface area contributed by atoms with Crippen LogP contribution in [0.2, 0.25) is 0 Å². The molecule has 0 aromatic carbocycles. The Bertz CT molecular complexity index is 685. The first kappa shape index (κ1) is 20.7. The zero-order chi connectivity index (χ0) is 20.2. The van der Waals surface area contributed by atoms with E-state index in [4.69, 9.17) is 5.73 Å². The van der Waals surface area contributed by atoms with Crippen molar-refractivity contribution < 1.29 is 15.3 Å². The number of hydrogen-bond acceptors (Lipinski definition) is 6. The minimum absolute atomic E-state index is 0.00122. The summed E-state index contributed by atoms with van der Waals surface area (Å²) in [6, 6.07) is 0. The third kappa shape index (κ3) is 2.83. The number of fused-ring (bicyclic) bond motifs is 1. The van der Waals surface area contributed by atoms with Gasteiger partial charge in [0.1, 0.15) is 10.6 Å². The van der Waals surface area contributed by atoms with Crippen LogP contribution in [0.3, 0.4) is 0 Å². The molecule has 1 aromatic rings. The molecule has 1 aromatic heterocycles. The summed E-state index contributed by atoms with van der Waals surface area (Å²) in [5.41, 5.74) is 5.33. The zero-order valence-electron chi connectivity index (χ0n) is 17.2. The lowest BCUT2D eigenvalue weighted by Crippen LogP contribution is -2.55. The van der Waals surface area contributed by atoms with Crippen molar-refractivity contribution in [3.05, 3.63) is 16.6 Å². The first-order chi connectivity index (χ1) is 13.3. The highest BCUT2D eigenvalue weighted by atomic mass is 32.1. The largest absolute Gasteiger partial charge is 0.396 e. The van der Waals surface area contributed by atoms with E-state index in [0.717, 1.165) is 43.5 Å². The normalized spacial score (nSPS) is 49.1. The Morgan fingerprint density at radius 2 is 1.93 bits per heavy atom. The molecule has 3 aliphatic rings. The van der Waals surface area contributed by atoms with E-state index in [1.165, 1.54) is 0 Å². The molecule has 1 heterocycles. The van der Waals surface area contributed by atoms with Crippen LogP contribution in [0.25, 0.3) is 0 Å². The minimum Gasteiger partial charge on any atom is -0.396 e. The molecule has 0 amide bonds. The van der Waals surface area contributed by atoms with Crippen molar-refractivity contribution >= 4 is 11.3 Å². The van der Waals surface area contributed by atoms with E-state index in [0.29, 0.717) is 30.7 Å². The number of aliphatic hydroxyl groups excluding tert-OH is 2. The third-order valence-corrected chi connectivity index (χ3v) is 10.1. The van der Waals surface area contributed by atoms with Crippen molar-refractivity contribution in [3.63, 3.8) is 0 Å². The Morgan fingerprint density at radius 3 is 2.57 bits per heavy atom. The zero-order valence-corrected chi connectivity index (χ0v) is 18.0. The molecule has 0 spiro atoms. The van der Waals surface area contributed by atoms with E-state index in [1.54, 1.807) is 17.5 Å². The second-order valence-electron chi connectivity index (χ2n) is 10.1. The highest BCUT2D eigenvalue weighted by Gasteiger charge is 2.64. The molecule has 6 heteroatoms. The molecule has 5 N–H and O–H groups in total. The molecule has 158 valence electrons. The van der Waals surface area contributed by atoms with Gasteiger partial charge in [-0.3, -0.25) is 0 Å². The fourth-order valence-corrected chi connectivity index (χ4v) is 8.30. The maximum atomic E-state index is 11.7. The summed E-state index contributed by atoms with van der Waals surface area (Å²) in [6.07, 6.45) is 7.66. The molecule has 3 saturated carbocycles. The van der Waals surface area contributed by atoms with Gasteiger partial charge in [-0.25, -0.2) is 4.98 Å². The molecule has 0 radical (unpaired) electrons. The van der Waals surface area contributed by atoms with Crippen LogP contribution in [0.4, 0.5) is 0 Å². The van der Waals surface area contributed by atoms with E-state index in [-0.39, 0.29) is 29.5 Å². The van der Waals surface area contributed by atoms with E-state index < -0.39 is 5.60 Å². The molecule has 0 bridgehead atoms. The van der Waals surface area contributed by atoms with E-state index in [1.807, 2.05) is 5.38 Å². The molecule has 4 rings (SSSR count). The lowest BCUT2D eigenvalue weighted by molar-refractivity contribution is -0.144. The van der Waals surface area contributed by atoms with Crippen LogP contribution in [0, 0.1) is 34.5 Å². The molecule has 0 saturated heterocycles. The van der Waals surface area contributed by atoms with Crippen LogP contribution >= 0.6 is 11.3 Å². The summed E-state index contributed by atoms with van der Waals surface area (Å²) >= 11 is 1.56. The van der Waals surface area contributed by atoms with Crippen molar-refractivity contribution in [2.45, 2.75) is 70.5 Å². The predicted molar refractivity (Wildman–Crippen MR) is 111 cm³/mol. The van der Waals surface area contributed by atoms with Crippen molar-refractivity contribution in [3.8, 4) is 0 Å². The standard InChI is InChI=1S/C22H36N2O3S/c1-20(6-3-15(26)11-14(20)13-25)17-4-7-21(2)18(16(17)12-23)5-8-22(21,27)19-24-9-10-28-19/h9-10,14-18,25-27H,3-8,11-13,23H2,1-2H3/t14-,15+,16-,17+,18+,20-,21+,22-/m1/s1. The van der Waals surface area contributed by atoms with Gasteiger partial charge in [-0.2, -0.15) is 0 Å². The molecule has 0 aliphatic heterocycles. The van der Waals surface area contributed by atoms with E-state index in [9.17, 15) is 15.3 Å². The molecule has 8 atom stereocenters. The Balaban J connectivity index is 1.66. The maximum Gasteiger partial charge on any atom is 0.125 e. The summed E-state index contributed by atoms with van der Waals surface area (Å²) in [4.78, 5) is 4.49. The van der Waals surface area contributed by atoms with Gasteiger partial charge in [-0.15, -0.1) is 11.3 Å². The number of aromatic nitrogens is 1. The van der Waals surface area contributed by atoms with Gasteiger partial charge in [0, 0.05) is 23.6 Å². The number of rotatable bonds is 4. The van der Waals surface area contributed by atoms with Crippen LogP contribution in [-0.4, -0.2) is 39.6 Å². The van der Waals surface area contributed by atoms with Gasteiger partial charge in [0.15, 0.2) is 0 Å². The highest BCUT2D eigenvalue weighted by Crippen LogP contribution is 2.67. The quantitative estimate of drug-likeness (QED) is 0.614. The third-order valence-electron chi connectivity index (χ3n) is 9.22. The minimum atomic E-state index is -0.857. The molecule has 5 nitrogen and oxygen atoms in total. The number of hydrogen-bond donors (Lipinski definition) is 4. The van der Waals surface area contributed by atoms with Gasteiger partial charge in [-0.1, -0.05) is 13.8 Å². The van der Waals surface area contributed by atoms with E-state index >= 15 is 0 Å². The molecule has 3 aliphatic carbocycles. The Hall–Kier alpha value is -0.530. The Labute approximate surface area is 172 Å². The lowest BCUT2D eigenvalue weighted by atomic mass is 9.48. The fourth-order valence-electron chi connectivity index (χ4n) is 7.40. The van der Waals surface area contributed by atoms with Gasteiger partial charge in [0.05, 0.1) is 6.10 Å². The SMILES string of the molecule is C[C@@]1([C@H]2CC[C@@]3(C)[C@@H](CC[C@@]3(O)c3nccs3)[C@@H]2CN)CC[C@H](O)C[C@@H]1CO. The predicted octanol–water partition coefficient (Wildman–Crippen LogP) is 2.89. The first-order valence-electron chi connectivity index (χ1n) is 10.9. The summed E-state index contributed by atoms with van der Waals surface area (Å²) < 4.78 is 0. The van der Waals surface area contributed by atoms with Gasteiger partial charge >= 0.3 is 0 Å². The summed E-state index contributed by atoms with van der Waals surface area (Å²) in [5, 5.41) is 34.8. The second kappa shape index (κ2) is 7.31. The molecule has 0 unspecified atom stereocenters. The Kier molecular flexibility index (Phi) is 5.41. The van der Waals surface area contributed by atoms with Gasteiger partial charge < -0.3 is 21.1 Å². The van der Waals surface area contributed by atoms with Crippen molar-refractivity contribution in [1.29, 1.82) is 0 Å².